The van der Waals surface area contributed by atoms with Crippen molar-refractivity contribution in [3.63, 3.8) is 0 Å². The van der Waals surface area contributed by atoms with Gasteiger partial charge in [0, 0.05) is 26.2 Å². The van der Waals surface area contributed by atoms with E-state index in [1.54, 1.807) is 0 Å². The van der Waals surface area contributed by atoms with Crippen LogP contribution in [0.3, 0.4) is 0 Å². The van der Waals surface area contributed by atoms with Gasteiger partial charge >= 0.3 is 12.2 Å². The molecule has 36 heavy (non-hydrogen) atoms. The van der Waals surface area contributed by atoms with Gasteiger partial charge in [-0.2, -0.15) is 0 Å². The summed E-state index contributed by atoms with van der Waals surface area (Å²) in [6, 6.07) is 0. The van der Waals surface area contributed by atoms with Gasteiger partial charge in [-0.05, 0) is 116 Å². The van der Waals surface area contributed by atoms with Crippen molar-refractivity contribution in [3.05, 3.63) is 0 Å². The van der Waals surface area contributed by atoms with Crippen molar-refractivity contribution in [3.8, 4) is 0 Å². The van der Waals surface area contributed by atoms with E-state index in [4.69, 9.17) is 20.9 Å². The number of carbonyl (C=O) groups is 2. The molecule has 4 aliphatic rings. The van der Waals surface area contributed by atoms with Crippen molar-refractivity contribution in [2.75, 3.05) is 39.3 Å². The first-order chi connectivity index (χ1) is 16.8. The molecule has 2 heterocycles. The molecule has 2 amide bonds. The molecule has 4 rings (SSSR count). The Morgan fingerprint density at radius 3 is 1.33 bits per heavy atom. The monoisotopic (exact) mass is 508 g/mol. The van der Waals surface area contributed by atoms with Crippen molar-refractivity contribution < 1.29 is 19.1 Å². The first kappa shape index (κ1) is 29.0. The van der Waals surface area contributed by atoms with Crippen LogP contribution >= 0.6 is 0 Å². The third-order valence-corrected chi connectivity index (χ3v) is 8.40. The van der Waals surface area contributed by atoms with Crippen LogP contribution in [0.15, 0.2) is 0 Å². The quantitative estimate of drug-likeness (QED) is 0.570. The Hall–Kier alpha value is -1.54. The van der Waals surface area contributed by atoms with Crippen LogP contribution < -0.4 is 11.5 Å². The van der Waals surface area contributed by atoms with Crippen molar-refractivity contribution in [1.29, 1.82) is 0 Å². The molecule has 208 valence electrons. The van der Waals surface area contributed by atoms with Gasteiger partial charge in [-0.25, -0.2) is 9.59 Å². The topological polar surface area (TPSA) is 111 Å². The van der Waals surface area contributed by atoms with E-state index in [2.05, 4.69) is 0 Å². The zero-order chi connectivity index (χ0) is 26.7. The van der Waals surface area contributed by atoms with Gasteiger partial charge in [-0.3, -0.25) is 0 Å². The van der Waals surface area contributed by atoms with Crippen molar-refractivity contribution in [1.82, 2.24) is 9.80 Å². The number of nitrogens with zero attached hydrogens (tertiary/aromatic N) is 2. The fraction of sp³-hybridized carbons (Fsp3) is 0.929. The van der Waals surface area contributed by atoms with Crippen LogP contribution in [0.4, 0.5) is 9.59 Å². The summed E-state index contributed by atoms with van der Waals surface area (Å²) in [5, 5.41) is 0. The lowest BCUT2D eigenvalue weighted by atomic mass is 9.74. The van der Waals surface area contributed by atoms with Gasteiger partial charge in [-0.1, -0.05) is 12.8 Å². The van der Waals surface area contributed by atoms with E-state index in [0.29, 0.717) is 35.5 Å². The Balaban J connectivity index is 0.000000201. The highest BCUT2D eigenvalue weighted by Crippen LogP contribution is 2.41. The Morgan fingerprint density at radius 1 is 0.667 bits per heavy atom. The molecule has 0 radical (unpaired) electrons. The van der Waals surface area contributed by atoms with Crippen molar-refractivity contribution in [2.45, 2.75) is 91.3 Å². The van der Waals surface area contributed by atoms with Crippen LogP contribution in [0.2, 0.25) is 0 Å². The van der Waals surface area contributed by atoms with Crippen LogP contribution in [-0.4, -0.2) is 72.5 Å². The summed E-state index contributed by atoms with van der Waals surface area (Å²) in [7, 11) is 0. The highest BCUT2D eigenvalue weighted by atomic mass is 16.6. The first-order valence-electron chi connectivity index (χ1n) is 14.2. The maximum Gasteiger partial charge on any atom is 0.410 e. The van der Waals surface area contributed by atoms with Crippen LogP contribution in [0.5, 0.6) is 0 Å². The minimum absolute atomic E-state index is 0.160. The number of hydrogen-bond donors (Lipinski definition) is 2. The SMILES string of the molecule is CC(C)(C)OC(=O)N1C[C@@H]2CCC[C@@H](CN)[C@@H]2C1.CC(C)(C)OC(=O)N1C[C@H]2CCC[C@H](CN)[C@H]2C1. The standard InChI is InChI=1S/2C14H26N2O2/c2*1-14(2,3)18-13(17)16-8-11-6-4-5-10(7-15)12(11)9-16/h2*10-12H,4-9,15H2,1-3H3/t2*10-,11-,12-/m10/s1. The molecule has 2 saturated heterocycles. The van der Waals surface area contributed by atoms with Gasteiger partial charge in [0.25, 0.3) is 0 Å². The van der Waals surface area contributed by atoms with Gasteiger partial charge < -0.3 is 30.7 Å². The van der Waals surface area contributed by atoms with Crippen LogP contribution in [0.1, 0.15) is 80.1 Å². The third-order valence-electron chi connectivity index (χ3n) is 8.40. The molecule has 0 spiro atoms. The fourth-order valence-corrected chi connectivity index (χ4v) is 6.72. The van der Waals surface area contributed by atoms with E-state index in [1.165, 1.54) is 38.5 Å². The largest absolute Gasteiger partial charge is 0.444 e. The molecule has 8 heteroatoms. The van der Waals surface area contributed by atoms with Crippen molar-refractivity contribution in [2.24, 2.45) is 47.0 Å². The average molecular weight is 509 g/mol. The number of likely N-dealkylation sites (tertiary alicyclic amines) is 2. The zero-order valence-corrected chi connectivity index (χ0v) is 23.6. The lowest BCUT2D eigenvalue weighted by molar-refractivity contribution is 0.0271. The van der Waals surface area contributed by atoms with Crippen LogP contribution in [-0.2, 0) is 9.47 Å². The maximum absolute atomic E-state index is 12.1. The number of ether oxygens (including phenoxy) is 2. The molecular weight excluding hydrogens is 456 g/mol. The molecule has 8 nitrogen and oxygen atoms in total. The summed E-state index contributed by atoms with van der Waals surface area (Å²) in [5.41, 5.74) is 10.9. The van der Waals surface area contributed by atoms with E-state index in [1.807, 2.05) is 51.3 Å². The molecule has 0 aromatic carbocycles. The number of carbonyl (C=O) groups excluding carboxylic acids is 2. The number of amides is 2. The fourth-order valence-electron chi connectivity index (χ4n) is 6.72. The second-order valence-electron chi connectivity index (χ2n) is 13.5. The summed E-state index contributed by atoms with van der Waals surface area (Å²) in [4.78, 5) is 27.9. The Labute approximate surface area is 218 Å². The van der Waals surface area contributed by atoms with Gasteiger partial charge in [0.15, 0.2) is 0 Å². The predicted octanol–water partition coefficient (Wildman–Crippen LogP) is 4.46. The normalized spacial score (nSPS) is 32.2. The average Bonchev–Trinajstić information content (AvgIpc) is 3.41. The van der Waals surface area contributed by atoms with Gasteiger partial charge in [0.1, 0.15) is 11.2 Å². The summed E-state index contributed by atoms with van der Waals surface area (Å²) in [5.74, 6) is 3.65. The molecule has 6 atom stereocenters. The van der Waals surface area contributed by atoms with Gasteiger partial charge in [0.05, 0.1) is 0 Å². The third kappa shape index (κ3) is 7.73. The van der Waals surface area contributed by atoms with Crippen molar-refractivity contribution >= 4 is 12.2 Å². The molecule has 0 bridgehead atoms. The summed E-state index contributed by atoms with van der Waals surface area (Å²) in [6.07, 6.45) is 7.11. The molecule has 2 saturated carbocycles. The Kier molecular flexibility index (Phi) is 9.58. The molecule has 2 aliphatic carbocycles. The smallest absolute Gasteiger partial charge is 0.410 e. The Bertz CT molecular complexity index is 685. The Morgan fingerprint density at radius 2 is 1.03 bits per heavy atom. The molecule has 0 unspecified atom stereocenters. The predicted molar refractivity (Wildman–Crippen MR) is 142 cm³/mol. The van der Waals surface area contributed by atoms with Gasteiger partial charge in [0.2, 0.25) is 0 Å². The minimum Gasteiger partial charge on any atom is -0.444 e. The molecule has 0 aromatic rings. The van der Waals surface area contributed by atoms with Crippen LogP contribution in [0.25, 0.3) is 0 Å². The highest BCUT2D eigenvalue weighted by molar-refractivity contribution is 5.69. The zero-order valence-electron chi connectivity index (χ0n) is 23.6. The van der Waals surface area contributed by atoms with E-state index >= 15 is 0 Å². The number of fused-ring (bicyclic) bond motifs is 2. The van der Waals surface area contributed by atoms with E-state index in [0.717, 1.165) is 39.3 Å². The lowest BCUT2D eigenvalue weighted by Gasteiger charge is -2.31. The molecular formula is C28H52N4O4. The molecule has 0 aromatic heterocycles. The number of hydrogen-bond acceptors (Lipinski definition) is 6. The molecule has 2 aliphatic heterocycles. The number of nitrogens with two attached hydrogens (primary N) is 2. The van der Waals surface area contributed by atoms with Crippen LogP contribution in [0, 0.1) is 35.5 Å². The van der Waals surface area contributed by atoms with Gasteiger partial charge in [-0.15, -0.1) is 0 Å². The number of rotatable bonds is 2. The summed E-state index contributed by atoms with van der Waals surface area (Å²) < 4.78 is 10.9. The highest BCUT2D eigenvalue weighted by Gasteiger charge is 2.43. The summed E-state index contributed by atoms with van der Waals surface area (Å²) >= 11 is 0. The van der Waals surface area contributed by atoms with E-state index < -0.39 is 11.2 Å². The maximum atomic E-state index is 12.1. The minimum atomic E-state index is -0.405. The van der Waals surface area contributed by atoms with E-state index in [-0.39, 0.29) is 12.2 Å². The molecule has 4 fully saturated rings. The summed E-state index contributed by atoms with van der Waals surface area (Å²) in [6.45, 7) is 16.4. The second kappa shape index (κ2) is 11.9. The second-order valence-corrected chi connectivity index (χ2v) is 13.5. The first-order valence-corrected chi connectivity index (χ1v) is 14.2. The molecule has 4 N–H and O–H groups in total. The van der Waals surface area contributed by atoms with E-state index in [9.17, 15) is 9.59 Å². The lowest BCUT2D eigenvalue weighted by Crippen LogP contribution is -2.36.